The predicted octanol–water partition coefficient (Wildman–Crippen LogP) is 2.65. The molecule has 0 atom stereocenters. The monoisotopic (exact) mass is 470 g/mol. The highest BCUT2D eigenvalue weighted by Gasteiger charge is 2.23. The van der Waals surface area contributed by atoms with Gasteiger partial charge in [-0.15, -0.1) is 0 Å². The number of anilines is 2. The minimum Gasteiger partial charge on any atom is -0.378 e. The molecule has 3 heterocycles. The van der Waals surface area contributed by atoms with Gasteiger partial charge in [0.1, 0.15) is 11.8 Å². The number of nitriles is 1. The Morgan fingerprint density at radius 2 is 1.97 bits per heavy atom. The molecule has 4 aromatic rings. The second kappa shape index (κ2) is 8.70. The van der Waals surface area contributed by atoms with E-state index in [2.05, 4.69) is 16.4 Å². The van der Waals surface area contributed by atoms with E-state index in [-0.39, 0.29) is 16.2 Å². The van der Waals surface area contributed by atoms with Crippen molar-refractivity contribution in [1.82, 2.24) is 9.38 Å². The average Bonchev–Trinajstić information content (AvgIpc) is 3.24. The van der Waals surface area contributed by atoms with Crippen LogP contribution in [-0.2, 0) is 4.74 Å². The topological polar surface area (TPSA) is 126 Å². The van der Waals surface area contributed by atoms with Gasteiger partial charge in [-0.3, -0.25) is 19.3 Å². The second-order valence-corrected chi connectivity index (χ2v) is 8.39. The number of hydrogen-bond acceptors (Lipinski definition) is 8. The third-order valence-electron chi connectivity index (χ3n) is 6.35. The average molecular weight is 470 g/mol. The number of fused-ring (bicyclic) bond motifs is 3. The Bertz CT molecular complexity index is 1650. The summed E-state index contributed by atoms with van der Waals surface area (Å²) in [6, 6.07) is 12.7. The molecule has 1 fully saturated rings. The van der Waals surface area contributed by atoms with E-state index in [0.717, 1.165) is 0 Å². The minimum atomic E-state index is -0.386. The first-order chi connectivity index (χ1) is 16.9. The lowest BCUT2D eigenvalue weighted by molar-refractivity contribution is -0.384. The van der Waals surface area contributed by atoms with Gasteiger partial charge in [-0.05, 0) is 43.2 Å². The lowest BCUT2D eigenvalue weighted by atomic mass is 10.1. The molecule has 35 heavy (non-hydrogen) atoms. The number of hydrogen-bond donors (Lipinski definition) is 1. The summed E-state index contributed by atoms with van der Waals surface area (Å²) >= 11 is 0. The van der Waals surface area contributed by atoms with Crippen LogP contribution in [0.5, 0.6) is 0 Å². The van der Waals surface area contributed by atoms with E-state index in [1.165, 1.54) is 10.5 Å². The van der Waals surface area contributed by atoms with Gasteiger partial charge in [0.2, 0.25) is 0 Å². The second-order valence-electron chi connectivity index (χ2n) is 8.39. The maximum absolute atomic E-state index is 13.5. The van der Waals surface area contributed by atoms with Crippen LogP contribution < -0.4 is 21.0 Å². The molecule has 0 saturated carbocycles. The molecule has 1 saturated heterocycles. The van der Waals surface area contributed by atoms with E-state index in [4.69, 9.17) is 4.74 Å². The van der Waals surface area contributed by atoms with Crippen molar-refractivity contribution in [1.29, 1.82) is 5.26 Å². The Morgan fingerprint density at radius 3 is 2.69 bits per heavy atom. The van der Waals surface area contributed by atoms with Crippen LogP contribution in [0.3, 0.4) is 0 Å². The highest BCUT2D eigenvalue weighted by Crippen LogP contribution is 2.34. The van der Waals surface area contributed by atoms with Gasteiger partial charge in [0.25, 0.3) is 11.2 Å². The molecule has 2 aromatic carbocycles. The summed E-state index contributed by atoms with van der Waals surface area (Å²) in [5, 5.41) is 25.0. The maximum atomic E-state index is 13.5. The molecule has 1 N–H and O–H groups in total. The van der Waals surface area contributed by atoms with Crippen molar-refractivity contribution in [3.05, 3.63) is 78.8 Å². The normalized spacial score (nSPS) is 14.4. The third-order valence-corrected chi connectivity index (χ3v) is 6.35. The number of para-hydroxylation sites is 2. The summed E-state index contributed by atoms with van der Waals surface area (Å²) in [7, 11) is 0. The number of nitro benzene ring substituents is 1. The molecule has 176 valence electrons. The molecular weight excluding hydrogens is 448 g/mol. The maximum Gasteiger partial charge on any atom is 0.292 e. The first-order valence-corrected chi connectivity index (χ1v) is 11.1. The molecule has 0 bridgehead atoms. The summed E-state index contributed by atoms with van der Waals surface area (Å²) < 4.78 is 6.84. The van der Waals surface area contributed by atoms with Crippen molar-refractivity contribution in [3.63, 3.8) is 0 Å². The Hall–Kier alpha value is -4.49. The Labute approximate surface area is 199 Å². The Kier molecular flexibility index (Phi) is 5.55. The fourth-order valence-electron chi connectivity index (χ4n) is 4.48. The van der Waals surface area contributed by atoms with Crippen LogP contribution >= 0.6 is 0 Å². The van der Waals surface area contributed by atoms with Gasteiger partial charge < -0.3 is 15.0 Å². The van der Waals surface area contributed by atoms with E-state index in [9.17, 15) is 20.2 Å². The zero-order valence-corrected chi connectivity index (χ0v) is 19.2. The third kappa shape index (κ3) is 3.72. The molecular formula is C25H22N6O4. The van der Waals surface area contributed by atoms with Crippen molar-refractivity contribution < 1.29 is 9.66 Å². The van der Waals surface area contributed by atoms with Crippen LogP contribution in [0.1, 0.15) is 16.7 Å². The van der Waals surface area contributed by atoms with Gasteiger partial charge in [-0.1, -0.05) is 12.1 Å². The van der Waals surface area contributed by atoms with E-state index in [1.54, 1.807) is 38.2 Å². The van der Waals surface area contributed by atoms with Crippen LogP contribution in [0.4, 0.5) is 17.1 Å². The van der Waals surface area contributed by atoms with E-state index >= 15 is 0 Å². The van der Waals surface area contributed by atoms with Gasteiger partial charge in [0, 0.05) is 31.0 Å². The number of nitrogens with zero attached hydrogens (tertiary/aromatic N) is 5. The number of aryl methyl sites for hydroxylation is 1. The summed E-state index contributed by atoms with van der Waals surface area (Å²) in [5.74, 6) is 0. The summed E-state index contributed by atoms with van der Waals surface area (Å²) in [6.07, 6.45) is 1.56. The number of ether oxygens (including phenoxy) is 1. The summed E-state index contributed by atoms with van der Waals surface area (Å²) in [6.45, 7) is 5.57. The number of rotatable bonds is 4. The zero-order valence-electron chi connectivity index (χ0n) is 19.2. The van der Waals surface area contributed by atoms with E-state index in [1.807, 2.05) is 17.0 Å². The minimum absolute atomic E-state index is 0.0220. The summed E-state index contributed by atoms with van der Waals surface area (Å²) in [5.41, 5.74) is 3.92. The number of aromatic nitrogens is 2. The van der Waals surface area contributed by atoms with Crippen molar-refractivity contribution in [2.75, 3.05) is 36.5 Å². The highest BCUT2D eigenvalue weighted by atomic mass is 16.6. The largest absolute Gasteiger partial charge is 0.378 e. The molecule has 1 aliphatic heterocycles. The number of morpholine rings is 1. The smallest absolute Gasteiger partial charge is 0.292 e. The number of nitrogens with one attached hydrogen (secondary N) is 1. The van der Waals surface area contributed by atoms with Crippen LogP contribution in [0.15, 0.2) is 41.2 Å². The van der Waals surface area contributed by atoms with Crippen molar-refractivity contribution in [2.24, 2.45) is 0 Å². The Balaban J connectivity index is 1.67. The van der Waals surface area contributed by atoms with Crippen molar-refractivity contribution >= 4 is 39.9 Å². The van der Waals surface area contributed by atoms with Gasteiger partial charge in [0.15, 0.2) is 5.65 Å². The van der Waals surface area contributed by atoms with Crippen molar-refractivity contribution in [3.8, 4) is 6.07 Å². The number of imidazole rings is 1. The number of benzene rings is 2. The number of nitro groups is 1. The SMILES string of the molecule is Cc1cc([N+](=O)[O-])c(N2CCOCC2)cc1N/C=c1/c(C)c(C#N)c2nc3ccccc3n2c1=O. The standard InChI is InChI=1S/C25H22N6O4/c1-15-11-23(31(33)34)22(29-7-9-35-10-8-29)12-20(15)27-14-18-16(2)17(13-26)24-28-19-5-3-4-6-21(19)30(24)25(18)32/h3-6,11-12,14,27H,7-10H2,1-2H3/b18-14-. The molecule has 2 aromatic heterocycles. The molecule has 0 unspecified atom stereocenters. The molecule has 0 spiro atoms. The van der Waals surface area contributed by atoms with Crippen LogP contribution in [0.25, 0.3) is 22.9 Å². The van der Waals surface area contributed by atoms with Gasteiger partial charge >= 0.3 is 0 Å². The van der Waals surface area contributed by atoms with Gasteiger partial charge in [-0.2, -0.15) is 5.26 Å². The fourth-order valence-corrected chi connectivity index (χ4v) is 4.48. The van der Waals surface area contributed by atoms with E-state index < -0.39 is 0 Å². The van der Waals surface area contributed by atoms with Crippen LogP contribution in [0.2, 0.25) is 0 Å². The fraction of sp³-hybridized carbons (Fsp3) is 0.240. The molecule has 5 rings (SSSR count). The molecule has 0 aliphatic carbocycles. The lowest BCUT2D eigenvalue weighted by Gasteiger charge is -2.29. The lowest BCUT2D eigenvalue weighted by Crippen LogP contribution is -2.36. The van der Waals surface area contributed by atoms with E-state index in [0.29, 0.717) is 76.3 Å². The van der Waals surface area contributed by atoms with Crippen LogP contribution in [0, 0.1) is 35.3 Å². The molecule has 10 heteroatoms. The number of pyridine rings is 1. The quantitative estimate of drug-likeness (QED) is 0.356. The first-order valence-electron chi connectivity index (χ1n) is 11.1. The molecule has 1 aliphatic rings. The van der Waals surface area contributed by atoms with Gasteiger partial charge in [0.05, 0.1) is 40.0 Å². The highest BCUT2D eigenvalue weighted by molar-refractivity contribution is 5.83. The molecule has 0 radical (unpaired) electrons. The predicted molar refractivity (Wildman–Crippen MR) is 133 cm³/mol. The van der Waals surface area contributed by atoms with Gasteiger partial charge in [-0.25, -0.2) is 4.98 Å². The van der Waals surface area contributed by atoms with Crippen molar-refractivity contribution in [2.45, 2.75) is 13.8 Å². The summed E-state index contributed by atoms with van der Waals surface area (Å²) in [4.78, 5) is 31.2. The van der Waals surface area contributed by atoms with Crippen LogP contribution in [-0.4, -0.2) is 40.6 Å². The molecule has 10 nitrogen and oxygen atoms in total. The molecule has 0 amide bonds. The Morgan fingerprint density at radius 1 is 1.23 bits per heavy atom. The zero-order chi connectivity index (χ0) is 24.7. The first kappa shape index (κ1) is 22.3.